The minimum Gasteiger partial charge on any atom is -0.481 e. The van der Waals surface area contributed by atoms with E-state index in [1.165, 1.54) is 10.9 Å². The van der Waals surface area contributed by atoms with Crippen LogP contribution in [0, 0.1) is 16.0 Å². The van der Waals surface area contributed by atoms with Crippen LogP contribution in [0.4, 0.5) is 11.6 Å². The maximum Gasteiger partial charge on any atom is 0.406 e. The third kappa shape index (κ3) is 2.27. The molecule has 0 amide bonds. The molecule has 98 valence electrons. The van der Waals surface area contributed by atoms with E-state index in [4.69, 9.17) is 5.11 Å². The summed E-state index contributed by atoms with van der Waals surface area (Å²) in [6, 6.07) is -0.0554. The van der Waals surface area contributed by atoms with Crippen molar-refractivity contribution in [3.8, 4) is 0 Å². The van der Waals surface area contributed by atoms with Gasteiger partial charge in [-0.3, -0.25) is 9.36 Å². The van der Waals surface area contributed by atoms with Gasteiger partial charge in [0.1, 0.15) is 0 Å². The Morgan fingerprint density at radius 2 is 2.39 bits per heavy atom. The summed E-state index contributed by atoms with van der Waals surface area (Å²) in [5, 5.41) is 22.7. The molecule has 1 aliphatic carbocycles. The lowest BCUT2D eigenvalue weighted by Crippen LogP contribution is -2.19. The summed E-state index contributed by atoms with van der Waals surface area (Å²) < 4.78 is 1.53. The molecule has 0 radical (unpaired) electrons. The molecule has 1 aromatic heterocycles. The summed E-state index contributed by atoms with van der Waals surface area (Å²) in [7, 11) is 1.66. The van der Waals surface area contributed by atoms with Crippen LogP contribution < -0.4 is 5.32 Å². The lowest BCUT2D eigenvalue weighted by Gasteiger charge is -2.13. The molecule has 1 saturated carbocycles. The van der Waals surface area contributed by atoms with E-state index >= 15 is 0 Å². The molecule has 0 saturated heterocycles. The number of nitrogens with one attached hydrogen (secondary N) is 1. The van der Waals surface area contributed by atoms with Gasteiger partial charge in [0.05, 0.1) is 5.92 Å². The van der Waals surface area contributed by atoms with Gasteiger partial charge in [0, 0.05) is 13.1 Å². The minimum absolute atomic E-state index is 0.0554. The first-order valence-electron chi connectivity index (χ1n) is 5.64. The average Bonchev–Trinajstić information content (AvgIpc) is 2.88. The summed E-state index contributed by atoms with van der Waals surface area (Å²) >= 11 is 0. The van der Waals surface area contributed by atoms with Crippen molar-refractivity contribution in [2.45, 2.75) is 25.3 Å². The number of nitrogens with zero attached hydrogens (tertiary/aromatic N) is 3. The smallest absolute Gasteiger partial charge is 0.406 e. The topological polar surface area (TPSA) is 110 Å². The highest BCUT2D eigenvalue weighted by molar-refractivity contribution is 5.70. The number of hydrogen-bond acceptors (Lipinski definition) is 5. The first kappa shape index (κ1) is 12.3. The van der Waals surface area contributed by atoms with Gasteiger partial charge in [0.15, 0.2) is 0 Å². The van der Waals surface area contributed by atoms with E-state index in [1.54, 1.807) is 7.05 Å². The zero-order valence-electron chi connectivity index (χ0n) is 9.87. The molecule has 2 N–H and O–H groups in total. The number of aromatic nitrogens is 2. The number of rotatable bonds is 4. The van der Waals surface area contributed by atoms with Crippen molar-refractivity contribution in [3.05, 3.63) is 16.4 Å². The van der Waals surface area contributed by atoms with Crippen molar-refractivity contribution in [1.29, 1.82) is 0 Å². The number of nitro groups is 1. The SMILES string of the molecule is Cn1cnc([N+](=O)[O-])c1NC1CCC(C(=O)O)C1. The molecular weight excluding hydrogens is 240 g/mol. The Morgan fingerprint density at radius 1 is 1.67 bits per heavy atom. The Bertz CT molecular complexity index is 484. The van der Waals surface area contributed by atoms with Gasteiger partial charge in [0.25, 0.3) is 0 Å². The predicted molar refractivity (Wildman–Crippen MR) is 62.2 cm³/mol. The van der Waals surface area contributed by atoms with Gasteiger partial charge >= 0.3 is 11.8 Å². The fraction of sp³-hybridized carbons (Fsp3) is 0.600. The van der Waals surface area contributed by atoms with Crippen molar-refractivity contribution in [2.75, 3.05) is 5.32 Å². The van der Waals surface area contributed by atoms with Crippen LogP contribution in [-0.2, 0) is 11.8 Å². The minimum atomic E-state index is -0.807. The van der Waals surface area contributed by atoms with Crippen molar-refractivity contribution < 1.29 is 14.8 Å². The quantitative estimate of drug-likeness (QED) is 0.612. The molecule has 18 heavy (non-hydrogen) atoms. The summed E-state index contributed by atoms with van der Waals surface area (Å²) in [5.41, 5.74) is 0. The van der Waals surface area contributed by atoms with E-state index < -0.39 is 10.9 Å². The molecule has 0 aromatic carbocycles. The molecule has 0 aliphatic heterocycles. The third-order valence-electron chi connectivity index (χ3n) is 3.21. The number of anilines is 1. The van der Waals surface area contributed by atoms with E-state index in [0.29, 0.717) is 25.1 Å². The largest absolute Gasteiger partial charge is 0.481 e. The normalized spacial score (nSPS) is 22.9. The second-order valence-electron chi connectivity index (χ2n) is 4.47. The monoisotopic (exact) mass is 254 g/mol. The van der Waals surface area contributed by atoms with Gasteiger partial charge < -0.3 is 20.5 Å². The van der Waals surface area contributed by atoms with Gasteiger partial charge in [-0.15, -0.1) is 0 Å². The van der Waals surface area contributed by atoms with Crippen molar-refractivity contribution in [1.82, 2.24) is 9.55 Å². The maximum absolute atomic E-state index is 10.8. The van der Waals surface area contributed by atoms with Crippen molar-refractivity contribution in [2.24, 2.45) is 13.0 Å². The number of carbonyl (C=O) groups is 1. The van der Waals surface area contributed by atoms with Crippen LogP contribution in [0.15, 0.2) is 6.33 Å². The molecule has 0 bridgehead atoms. The molecule has 2 rings (SSSR count). The molecule has 1 heterocycles. The Kier molecular flexibility index (Phi) is 3.17. The van der Waals surface area contributed by atoms with E-state index in [-0.39, 0.29) is 17.8 Å². The Morgan fingerprint density at radius 3 is 2.94 bits per heavy atom. The molecule has 1 fully saturated rings. The van der Waals surface area contributed by atoms with Crippen LogP contribution in [0.2, 0.25) is 0 Å². The number of hydrogen-bond donors (Lipinski definition) is 2. The van der Waals surface area contributed by atoms with E-state index in [9.17, 15) is 14.9 Å². The summed E-state index contributed by atoms with van der Waals surface area (Å²) in [5.74, 6) is -1.07. The second kappa shape index (κ2) is 4.63. The first-order chi connectivity index (χ1) is 8.49. The maximum atomic E-state index is 10.8. The molecule has 2 atom stereocenters. The molecular formula is C10H14N4O4. The molecule has 8 nitrogen and oxygen atoms in total. The summed E-state index contributed by atoms with van der Waals surface area (Å²) in [6.45, 7) is 0. The van der Waals surface area contributed by atoms with Crippen LogP contribution in [0.25, 0.3) is 0 Å². The molecule has 0 spiro atoms. The summed E-state index contributed by atoms with van der Waals surface area (Å²) in [4.78, 5) is 24.8. The number of carboxylic acids is 1. The molecule has 1 aromatic rings. The average molecular weight is 254 g/mol. The fourth-order valence-electron chi connectivity index (χ4n) is 2.25. The van der Waals surface area contributed by atoms with Crippen molar-refractivity contribution >= 4 is 17.6 Å². The second-order valence-corrected chi connectivity index (χ2v) is 4.47. The number of carboxylic acid groups (broad SMARTS) is 1. The third-order valence-corrected chi connectivity index (χ3v) is 3.21. The van der Waals surface area contributed by atoms with Gasteiger partial charge in [-0.2, -0.15) is 0 Å². The van der Waals surface area contributed by atoms with Crippen LogP contribution >= 0.6 is 0 Å². The highest BCUT2D eigenvalue weighted by Crippen LogP contribution is 2.30. The molecule has 1 aliphatic rings. The van der Waals surface area contributed by atoms with Gasteiger partial charge in [0.2, 0.25) is 12.1 Å². The van der Waals surface area contributed by atoms with Crippen molar-refractivity contribution in [3.63, 3.8) is 0 Å². The van der Waals surface area contributed by atoms with Gasteiger partial charge in [-0.05, 0) is 29.2 Å². The Hall–Kier alpha value is -2.12. The standard InChI is InChI=1S/C10H14N4O4/c1-13-5-11-8(14(17)18)9(13)12-7-3-2-6(4-7)10(15)16/h5-7,12H,2-4H2,1H3,(H,15,16). The van der Waals surface area contributed by atoms with Gasteiger partial charge in [-0.1, -0.05) is 0 Å². The lowest BCUT2D eigenvalue weighted by molar-refractivity contribution is -0.388. The predicted octanol–water partition coefficient (Wildman–Crippen LogP) is 0.993. The van der Waals surface area contributed by atoms with Crippen LogP contribution in [-0.4, -0.2) is 31.6 Å². The Labute approximate surface area is 103 Å². The Balaban J connectivity index is 2.09. The molecule has 8 heteroatoms. The van der Waals surface area contributed by atoms with Crippen LogP contribution in [0.5, 0.6) is 0 Å². The summed E-state index contributed by atoms with van der Waals surface area (Å²) in [6.07, 6.45) is 3.14. The van der Waals surface area contributed by atoms with E-state index in [1.807, 2.05) is 0 Å². The molecule has 2 unspecified atom stereocenters. The number of aliphatic carboxylic acids is 1. The fourth-order valence-corrected chi connectivity index (χ4v) is 2.25. The number of imidazole rings is 1. The van der Waals surface area contributed by atoms with Gasteiger partial charge in [-0.25, -0.2) is 0 Å². The highest BCUT2D eigenvalue weighted by Gasteiger charge is 2.32. The van der Waals surface area contributed by atoms with Crippen LogP contribution in [0.1, 0.15) is 19.3 Å². The zero-order valence-corrected chi connectivity index (χ0v) is 9.87. The van der Waals surface area contributed by atoms with E-state index in [2.05, 4.69) is 10.3 Å². The van der Waals surface area contributed by atoms with E-state index in [0.717, 1.165) is 0 Å². The highest BCUT2D eigenvalue weighted by atomic mass is 16.6. The first-order valence-corrected chi connectivity index (χ1v) is 5.64. The lowest BCUT2D eigenvalue weighted by atomic mass is 10.1. The van der Waals surface area contributed by atoms with Crippen LogP contribution in [0.3, 0.4) is 0 Å². The zero-order chi connectivity index (χ0) is 13.3. The number of aryl methyl sites for hydroxylation is 1.